The fraction of sp³-hybridized carbons (Fsp3) is 0.455. The van der Waals surface area contributed by atoms with Gasteiger partial charge in [-0.3, -0.25) is 4.79 Å². The second kappa shape index (κ2) is 8.69. The smallest absolute Gasteiger partial charge is 0.232 e. The summed E-state index contributed by atoms with van der Waals surface area (Å²) in [7, 11) is 0. The Kier molecular flexibility index (Phi) is 6.29. The van der Waals surface area contributed by atoms with Crippen LogP contribution in [0.5, 0.6) is 0 Å². The first-order valence-corrected chi connectivity index (χ1v) is 9.89. The van der Waals surface area contributed by atoms with Crippen LogP contribution >= 0.6 is 0 Å². The van der Waals surface area contributed by atoms with E-state index in [-0.39, 0.29) is 11.7 Å². The van der Waals surface area contributed by atoms with Crippen LogP contribution in [0.3, 0.4) is 0 Å². The van der Waals surface area contributed by atoms with Crippen molar-refractivity contribution in [1.29, 1.82) is 0 Å². The lowest BCUT2D eigenvalue weighted by atomic mass is 9.88. The first-order chi connectivity index (χ1) is 13.4. The number of anilines is 2. The van der Waals surface area contributed by atoms with Crippen LogP contribution < -0.4 is 15.1 Å². The van der Waals surface area contributed by atoms with Crippen molar-refractivity contribution in [2.45, 2.75) is 33.7 Å². The number of amides is 1. The van der Waals surface area contributed by atoms with Gasteiger partial charge in [-0.1, -0.05) is 26.8 Å². The van der Waals surface area contributed by atoms with Crippen molar-refractivity contribution < 1.29 is 9.18 Å². The third-order valence-electron chi connectivity index (χ3n) is 5.44. The van der Waals surface area contributed by atoms with Crippen LogP contribution in [0, 0.1) is 11.2 Å². The molecule has 1 amide bonds. The van der Waals surface area contributed by atoms with Gasteiger partial charge in [0.1, 0.15) is 11.6 Å². The van der Waals surface area contributed by atoms with Crippen LogP contribution in [0.2, 0.25) is 0 Å². The molecule has 1 aliphatic rings. The minimum Gasteiger partial charge on any atom is -0.354 e. The van der Waals surface area contributed by atoms with Gasteiger partial charge in [0.05, 0.1) is 6.54 Å². The molecule has 6 heteroatoms. The molecule has 0 atom stereocenters. The number of nitrogens with zero attached hydrogens (tertiary/aromatic N) is 3. The summed E-state index contributed by atoms with van der Waals surface area (Å²) in [5.41, 5.74) is 1.14. The molecule has 0 saturated carbocycles. The van der Waals surface area contributed by atoms with Crippen LogP contribution in [-0.2, 0) is 11.3 Å². The molecule has 150 valence electrons. The summed E-state index contributed by atoms with van der Waals surface area (Å²) in [4.78, 5) is 21.8. The minimum absolute atomic E-state index is 0.0211. The largest absolute Gasteiger partial charge is 0.354 e. The minimum atomic E-state index is -0.497. The van der Waals surface area contributed by atoms with E-state index in [0.29, 0.717) is 12.2 Å². The zero-order chi connectivity index (χ0) is 20.1. The maximum Gasteiger partial charge on any atom is 0.232 e. The predicted molar refractivity (Wildman–Crippen MR) is 111 cm³/mol. The number of hydrogen-bond donors (Lipinski definition) is 1. The van der Waals surface area contributed by atoms with Crippen molar-refractivity contribution in [3.8, 4) is 0 Å². The Balaban J connectivity index is 1.82. The average molecular weight is 384 g/mol. The molecule has 5 nitrogen and oxygen atoms in total. The Morgan fingerprint density at radius 2 is 1.86 bits per heavy atom. The van der Waals surface area contributed by atoms with E-state index in [1.807, 2.05) is 39.1 Å². The topological polar surface area (TPSA) is 48.5 Å². The molecule has 2 heterocycles. The molecule has 2 aromatic rings. The van der Waals surface area contributed by atoms with Crippen molar-refractivity contribution in [3.05, 3.63) is 54.0 Å². The Labute approximate surface area is 166 Å². The SMILES string of the molecule is CCC(C)(C)C(=O)N(Cc1ccc(N2CCNCC2)nc1)c1ccc(F)cc1. The van der Waals surface area contributed by atoms with Gasteiger partial charge in [-0.25, -0.2) is 9.37 Å². The average Bonchev–Trinajstić information content (AvgIpc) is 2.73. The number of aromatic nitrogens is 1. The second-order valence-corrected chi connectivity index (χ2v) is 7.87. The van der Waals surface area contributed by atoms with E-state index >= 15 is 0 Å². The molecule has 3 rings (SSSR count). The standard InChI is InChI=1S/C22H29FN4O/c1-4-22(2,3)21(28)27(19-8-6-18(23)7-9-19)16-17-5-10-20(25-15-17)26-13-11-24-12-14-26/h5-10,15,24H,4,11-14,16H2,1-3H3. The summed E-state index contributed by atoms with van der Waals surface area (Å²) in [5, 5.41) is 3.34. The fourth-order valence-electron chi connectivity index (χ4n) is 3.19. The quantitative estimate of drug-likeness (QED) is 0.827. The number of pyridine rings is 1. The molecular formula is C22H29FN4O. The summed E-state index contributed by atoms with van der Waals surface area (Å²) < 4.78 is 13.4. The molecule has 1 aromatic carbocycles. The third-order valence-corrected chi connectivity index (χ3v) is 5.44. The molecule has 1 N–H and O–H groups in total. The third kappa shape index (κ3) is 4.68. The molecule has 0 aliphatic carbocycles. The van der Waals surface area contributed by atoms with Gasteiger partial charge in [-0.15, -0.1) is 0 Å². The maximum absolute atomic E-state index is 13.4. The number of carbonyl (C=O) groups is 1. The van der Waals surface area contributed by atoms with Gasteiger partial charge in [0.15, 0.2) is 0 Å². The first kappa shape index (κ1) is 20.3. The summed E-state index contributed by atoms with van der Waals surface area (Å²) in [6, 6.07) is 10.1. The van der Waals surface area contributed by atoms with Crippen LogP contribution in [0.1, 0.15) is 32.8 Å². The molecule has 1 fully saturated rings. The lowest BCUT2D eigenvalue weighted by molar-refractivity contribution is -0.126. The summed E-state index contributed by atoms with van der Waals surface area (Å²) in [5.74, 6) is 0.666. The van der Waals surface area contributed by atoms with Crippen molar-refractivity contribution in [3.63, 3.8) is 0 Å². The number of piperazine rings is 1. The highest BCUT2D eigenvalue weighted by atomic mass is 19.1. The number of hydrogen-bond acceptors (Lipinski definition) is 4. The van der Waals surface area contributed by atoms with E-state index in [2.05, 4.69) is 15.2 Å². The zero-order valence-electron chi connectivity index (χ0n) is 16.9. The zero-order valence-corrected chi connectivity index (χ0v) is 16.9. The van der Waals surface area contributed by atoms with Crippen LogP contribution in [0.15, 0.2) is 42.6 Å². The summed E-state index contributed by atoms with van der Waals surface area (Å²) in [6.07, 6.45) is 2.56. The highest BCUT2D eigenvalue weighted by molar-refractivity contribution is 5.97. The van der Waals surface area contributed by atoms with Crippen LogP contribution in [0.25, 0.3) is 0 Å². The second-order valence-electron chi connectivity index (χ2n) is 7.87. The monoisotopic (exact) mass is 384 g/mol. The molecule has 28 heavy (non-hydrogen) atoms. The molecule has 1 saturated heterocycles. The molecule has 1 aliphatic heterocycles. The Morgan fingerprint density at radius 3 is 2.43 bits per heavy atom. The van der Waals surface area contributed by atoms with Crippen molar-refractivity contribution in [1.82, 2.24) is 10.3 Å². The van der Waals surface area contributed by atoms with Gasteiger partial charge < -0.3 is 15.1 Å². The molecule has 0 spiro atoms. The van der Waals surface area contributed by atoms with E-state index in [9.17, 15) is 9.18 Å². The van der Waals surface area contributed by atoms with E-state index in [1.54, 1.807) is 17.0 Å². The summed E-state index contributed by atoms with van der Waals surface area (Å²) >= 11 is 0. The number of carbonyl (C=O) groups excluding carboxylic acids is 1. The van der Waals surface area contributed by atoms with Gasteiger partial charge in [0.25, 0.3) is 0 Å². The normalized spacial score (nSPS) is 14.8. The van der Waals surface area contributed by atoms with Crippen molar-refractivity contribution in [2.75, 3.05) is 36.0 Å². The number of rotatable bonds is 6. The molecule has 0 radical (unpaired) electrons. The highest BCUT2D eigenvalue weighted by Crippen LogP contribution is 2.28. The fourth-order valence-corrected chi connectivity index (χ4v) is 3.19. The van der Waals surface area contributed by atoms with Gasteiger partial charge in [0, 0.05) is 43.5 Å². The van der Waals surface area contributed by atoms with Gasteiger partial charge in [-0.2, -0.15) is 0 Å². The maximum atomic E-state index is 13.4. The molecule has 0 unspecified atom stereocenters. The highest BCUT2D eigenvalue weighted by Gasteiger charge is 2.31. The van der Waals surface area contributed by atoms with Gasteiger partial charge >= 0.3 is 0 Å². The summed E-state index contributed by atoms with van der Waals surface area (Å²) in [6.45, 7) is 10.1. The first-order valence-electron chi connectivity index (χ1n) is 9.89. The van der Waals surface area contributed by atoms with Crippen molar-refractivity contribution in [2.24, 2.45) is 5.41 Å². The number of halogens is 1. The Morgan fingerprint density at radius 1 is 1.18 bits per heavy atom. The van der Waals surface area contributed by atoms with Crippen LogP contribution in [0.4, 0.5) is 15.9 Å². The van der Waals surface area contributed by atoms with E-state index in [0.717, 1.165) is 44.0 Å². The molecule has 1 aromatic heterocycles. The van der Waals surface area contributed by atoms with E-state index in [1.165, 1.54) is 12.1 Å². The predicted octanol–water partition coefficient (Wildman–Crippen LogP) is 3.60. The van der Waals surface area contributed by atoms with Crippen molar-refractivity contribution >= 4 is 17.4 Å². The van der Waals surface area contributed by atoms with Gasteiger partial charge in [-0.05, 0) is 42.3 Å². The number of benzene rings is 1. The van der Waals surface area contributed by atoms with Crippen LogP contribution in [-0.4, -0.2) is 37.1 Å². The molecule has 0 bridgehead atoms. The van der Waals surface area contributed by atoms with E-state index < -0.39 is 5.41 Å². The van der Waals surface area contributed by atoms with Gasteiger partial charge in [0.2, 0.25) is 5.91 Å². The Hall–Kier alpha value is -2.47. The lowest BCUT2D eigenvalue weighted by Crippen LogP contribution is -2.43. The Bertz CT molecular complexity index is 783. The van der Waals surface area contributed by atoms with E-state index in [4.69, 9.17) is 0 Å². The molecular weight excluding hydrogens is 355 g/mol. The number of nitrogens with one attached hydrogen (secondary N) is 1. The lowest BCUT2D eigenvalue weighted by Gasteiger charge is -2.32.